The number of hydrogen-bond donors (Lipinski definition) is 2. The number of sulfonamides is 1. The molecule has 0 radical (unpaired) electrons. The maximum absolute atomic E-state index is 12.1. The average Bonchev–Trinajstić information content (AvgIpc) is 2.37. The van der Waals surface area contributed by atoms with Crippen molar-refractivity contribution in [2.75, 3.05) is 13.2 Å². The first kappa shape index (κ1) is 16.1. The van der Waals surface area contributed by atoms with Gasteiger partial charge in [-0.25, -0.2) is 13.1 Å². The van der Waals surface area contributed by atoms with E-state index in [0.29, 0.717) is 13.2 Å². The monoisotopic (exact) mass is 286 g/mol. The summed E-state index contributed by atoms with van der Waals surface area (Å²) in [7, 11) is -3.51. The Bertz CT molecular complexity index is 495. The van der Waals surface area contributed by atoms with E-state index in [0.717, 1.165) is 5.56 Å². The van der Waals surface area contributed by atoms with E-state index in [-0.39, 0.29) is 11.4 Å². The molecule has 0 amide bonds. The van der Waals surface area contributed by atoms with Crippen LogP contribution in [0.15, 0.2) is 29.2 Å². The van der Waals surface area contributed by atoms with Gasteiger partial charge in [-0.3, -0.25) is 0 Å². The van der Waals surface area contributed by atoms with Gasteiger partial charge in [0.2, 0.25) is 10.0 Å². The van der Waals surface area contributed by atoms with Crippen LogP contribution in [0.2, 0.25) is 0 Å². The molecule has 0 aliphatic heterocycles. The summed E-state index contributed by atoms with van der Waals surface area (Å²) in [6.07, 6.45) is 0. The lowest BCUT2D eigenvalue weighted by molar-refractivity contribution is -0.00515. The van der Waals surface area contributed by atoms with Gasteiger partial charge in [0.05, 0.1) is 10.5 Å². The molecule has 1 aromatic carbocycles. The van der Waals surface area contributed by atoms with Crippen molar-refractivity contribution in [1.29, 1.82) is 0 Å². The molecule has 0 unspecified atom stereocenters. The molecule has 0 heterocycles. The number of nitrogens with two attached hydrogens (primary N) is 1. The predicted octanol–water partition coefficient (Wildman–Crippen LogP) is 1.24. The lowest BCUT2D eigenvalue weighted by Gasteiger charge is -2.24. The second kappa shape index (κ2) is 6.47. The van der Waals surface area contributed by atoms with E-state index in [1.54, 1.807) is 24.3 Å². The van der Waals surface area contributed by atoms with Crippen LogP contribution in [0.3, 0.4) is 0 Å². The molecular weight excluding hydrogens is 264 g/mol. The first-order valence-corrected chi connectivity index (χ1v) is 7.71. The first-order chi connectivity index (χ1) is 8.80. The Morgan fingerprint density at radius 1 is 1.26 bits per heavy atom. The minimum Gasteiger partial charge on any atom is -0.375 e. The Morgan fingerprint density at radius 3 is 2.32 bits per heavy atom. The molecule has 5 nitrogen and oxygen atoms in total. The van der Waals surface area contributed by atoms with Crippen LogP contribution >= 0.6 is 0 Å². The van der Waals surface area contributed by atoms with Gasteiger partial charge in [0.1, 0.15) is 0 Å². The smallest absolute Gasteiger partial charge is 0.240 e. The fourth-order valence-corrected chi connectivity index (χ4v) is 2.80. The van der Waals surface area contributed by atoms with Gasteiger partial charge in [-0.1, -0.05) is 12.1 Å². The zero-order chi connectivity index (χ0) is 14.5. The van der Waals surface area contributed by atoms with Crippen molar-refractivity contribution >= 4 is 10.0 Å². The third-order valence-electron chi connectivity index (χ3n) is 2.69. The number of rotatable bonds is 7. The summed E-state index contributed by atoms with van der Waals surface area (Å²) in [4.78, 5) is 0.233. The van der Waals surface area contributed by atoms with Gasteiger partial charge in [0.15, 0.2) is 0 Å². The minimum atomic E-state index is -3.51. The highest BCUT2D eigenvalue weighted by Crippen LogP contribution is 2.13. The zero-order valence-electron chi connectivity index (χ0n) is 11.6. The topological polar surface area (TPSA) is 81.4 Å². The summed E-state index contributed by atoms with van der Waals surface area (Å²) in [5.74, 6) is 0. The highest BCUT2D eigenvalue weighted by atomic mass is 32.2. The largest absolute Gasteiger partial charge is 0.375 e. The summed E-state index contributed by atoms with van der Waals surface area (Å²) in [6, 6.07) is 6.53. The van der Waals surface area contributed by atoms with Gasteiger partial charge in [-0.2, -0.15) is 0 Å². The van der Waals surface area contributed by atoms with E-state index < -0.39 is 15.6 Å². The van der Waals surface area contributed by atoms with Crippen LogP contribution in [-0.2, 0) is 21.3 Å². The van der Waals surface area contributed by atoms with Crippen molar-refractivity contribution in [2.45, 2.75) is 37.8 Å². The quantitative estimate of drug-likeness (QED) is 0.790. The van der Waals surface area contributed by atoms with E-state index >= 15 is 0 Å². The SMILES string of the molecule is CCOC(C)(C)CNS(=O)(=O)c1ccc(CN)cc1. The molecule has 108 valence electrons. The Labute approximate surface area is 115 Å². The van der Waals surface area contributed by atoms with Gasteiger partial charge in [0, 0.05) is 19.7 Å². The third kappa shape index (κ3) is 4.91. The van der Waals surface area contributed by atoms with Gasteiger partial charge < -0.3 is 10.5 Å². The summed E-state index contributed by atoms with van der Waals surface area (Å²) in [5, 5.41) is 0. The van der Waals surface area contributed by atoms with Crippen molar-refractivity contribution in [3.63, 3.8) is 0 Å². The Balaban J connectivity index is 2.75. The van der Waals surface area contributed by atoms with Crippen molar-refractivity contribution < 1.29 is 13.2 Å². The Kier molecular flexibility index (Phi) is 5.49. The van der Waals surface area contributed by atoms with Crippen LogP contribution in [0.1, 0.15) is 26.3 Å². The van der Waals surface area contributed by atoms with Gasteiger partial charge in [-0.05, 0) is 38.5 Å². The van der Waals surface area contributed by atoms with E-state index in [2.05, 4.69) is 4.72 Å². The molecule has 19 heavy (non-hydrogen) atoms. The van der Waals surface area contributed by atoms with Crippen molar-refractivity contribution in [1.82, 2.24) is 4.72 Å². The van der Waals surface area contributed by atoms with Crippen LogP contribution in [0, 0.1) is 0 Å². The summed E-state index contributed by atoms with van der Waals surface area (Å²) >= 11 is 0. The summed E-state index contributed by atoms with van der Waals surface area (Å²) in [5.41, 5.74) is 5.84. The fourth-order valence-electron chi connectivity index (χ4n) is 1.60. The maximum atomic E-state index is 12.1. The van der Waals surface area contributed by atoms with Crippen LogP contribution in [0.25, 0.3) is 0 Å². The van der Waals surface area contributed by atoms with E-state index in [1.807, 2.05) is 20.8 Å². The predicted molar refractivity (Wildman–Crippen MR) is 75.2 cm³/mol. The van der Waals surface area contributed by atoms with E-state index in [9.17, 15) is 8.42 Å². The molecule has 0 aliphatic carbocycles. The van der Waals surface area contributed by atoms with Crippen molar-refractivity contribution in [2.24, 2.45) is 5.73 Å². The van der Waals surface area contributed by atoms with Crippen molar-refractivity contribution in [3.05, 3.63) is 29.8 Å². The first-order valence-electron chi connectivity index (χ1n) is 6.23. The highest BCUT2D eigenvalue weighted by molar-refractivity contribution is 7.89. The minimum absolute atomic E-state index is 0.224. The third-order valence-corrected chi connectivity index (χ3v) is 4.11. The maximum Gasteiger partial charge on any atom is 0.240 e. The van der Waals surface area contributed by atoms with Crippen LogP contribution < -0.4 is 10.5 Å². The van der Waals surface area contributed by atoms with Crippen molar-refractivity contribution in [3.8, 4) is 0 Å². The fraction of sp³-hybridized carbons (Fsp3) is 0.538. The number of ether oxygens (including phenoxy) is 1. The van der Waals surface area contributed by atoms with Gasteiger partial charge in [0.25, 0.3) is 0 Å². The molecule has 0 aromatic heterocycles. The Morgan fingerprint density at radius 2 is 1.84 bits per heavy atom. The molecule has 0 atom stereocenters. The van der Waals surface area contributed by atoms with Crippen LogP contribution in [0.4, 0.5) is 0 Å². The molecular formula is C13H22N2O3S. The van der Waals surface area contributed by atoms with E-state index in [4.69, 9.17) is 10.5 Å². The number of hydrogen-bond acceptors (Lipinski definition) is 4. The number of nitrogens with one attached hydrogen (secondary N) is 1. The van der Waals surface area contributed by atoms with Crippen LogP contribution in [0.5, 0.6) is 0 Å². The molecule has 1 rings (SSSR count). The second-order valence-corrected chi connectivity index (χ2v) is 6.63. The van der Waals surface area contributed by atoms with Gasteiger partial charge in [-0.15, -0.1) is 0 Å². The zero-order valence-corrected chi connectivity index (χ0v) is 12.5. The van der Waals surface area contributed by atoms with Gasteiger partial charge >= 0.3 is 0 Å². The molecule has 0 fully saturated rings. The van der Waals surface area contributed by atoms with E-state index in [1.165, 1.54) is 0 Å². The molecule has 0 spiro atoms. The molecule has 1 aromatic rings. The standard InChI is InChI=1S/C13H22N2O3S/c1-4-18-13(2,3)10-15-19(16,17)12-7-5-11(9-14)6-8-12/h5-8,15H,4,9-10,14H2,1-3H3. The normalized spacial score (nSPS) is 12.6. The average molecular weight is 286 g/mol. The molecule has 0 saturated heterocycles. The summed E-state index contributed by atoms with van der Waals surface area (Å²) in [6.45, 7) is 6.72. The molecule has 0 aliphatic rings. The highest BCUT2D eigenvalue weighted by Gasteiger charge is 2.22. The summed E-state index contributed by atoms with van der Waals surface area (Å²) < 4.78 is 32.2. The molecule has 3 N–H and O–H groups in total. The second-order valence-electron chi connectivity index (χ2n) is 4.87. The lowest BCUT2D eigenvalue weighted by Crippen LogP contribution is -2.40. The molecule has 0 bridgehead atoms. The molecule has 6 heteroatoms. The lowest BCUT2D eigenvalue weighted by atomic mass is 10.1. The van der Waals surface area contributed by atoms with Crippen LogP contribution in [-0.4, -0.2) is 27.2 Å². The Hall–Kier alpha value is -0.950. The number of benzene rings is 1. The molecule has 0 saturated carbocycles.